The van der Waals surface area contributed by atoms with Crippen LogP contribution in [0.5, 0.6) is 0 Å². The molecule has 0 bridgehead atoms. The maximum Gasteiger partial charge on any atom is 0.224 e. The predicted molar refractivity (Wildman–Crippen MR) is 62.0 cm³/mol. The molecule has 2 N–H and O–H groups in total. The van der Waals surface area contributed by atoms with Crippen LogP contribution in [0, 0.1) is 5.92 Å². The van der Waals surface area contributed by atoms with Gasteiger partial charge in [-0.3, -0.25) is 4.79 Å². The normalized spacial score (nSPS) is 26.5. The van der Waals surface area contributed by atoms with Crippen molar-refractivity contribution in [3.05, 3.63) is 35.9 Å². The number of hydrogen-bond donors (Lipinski definition) is 2. The Morgan fingerprint density at radius 1 is 1.44 bits per heavy atom. The highest BCUT2D eigenvalue weighted by Gasteiger charge is 2.35. The molecule has 3 heteroatoms. The lowest BCUT2D eigenvalue weighted by molar-refractivity contribution is -0.123. The summed E-state index contributed by atoms with van der Waals surface area (Å²) in [5, 5.41) is 11.9. The Hall–Kier alpha value is -1.35. The fourth-order valence-electron chi connectivity index (χ4n) is 2.32. The van der Waals surface area contributed by atoms with E-state index in [-0.39, 0.29) is 30.4 Å². The molecule has 0 aromatic heterocycles. The van der Waals surface area contributed by atoms with Gasteiger partial charge in [0.05, 0.1) is 12.6 Å². The lowest BCUT2D eigenvalue weighted by Crippen LogP contribution is -2.29. The topological polar surface area (TPSA) is 49.3 Å². The van der Waals surface area contributed by atoms with Gasteiger partial charge in [0, 0.05) is 5.92 Å². The molecule has 0 aliphatic carbocycles. The van der Waals surface area contributed by atoms with Gasteiger partial charge in [-0.05, 0) is 17.9 Å². The summed E-state index contributed by atoms with van der Waals surface area (Å²) in [6, 6.07) is 9.98. The molecule has 3 atom stereocenters. The Bertz CT molecular complexity index is 363. The van der Waals surface area contributed by atoms with Gasteiger partial charge in [-0.2, -0.15) is 0 Å². The van der Waals surface area contributed by atoms with Crippen LogP contribution in [0.1, 0.15) is 24.8 Å². The summed E-state index contributed by atoms with van der Waals surface area (Å²) < 4.78 is 0. The third kappa shape index (κ3) is 2.09. The predicted octanol–water partition coefficient (Wildman–Crippen LogP) is 1.29. The molecule has 1 heterocycles. The highest BCUT2D eigenvalue weighted by Crippen LogP contribution is 2.31. The van der Waals surface area contributed by atoms with Gasteiger partial charge in [-0.25, -0.2) is 0 Å². The molecule has 1 aliphatic heterocycles. The third-order valence-electron chi connectivity index (χ3n) is 3.37. The summed E-state index contributed by atoms with van der Waals surface area (Å²) >= 11 is 0. The fourth-order valence-corrected chi connectivity index (χ4v) is 2.32. The van der Waals surface area contributed by atoms with Crippen LogP contribution in [-0.2, 0) is 4.79 Å². The summed E-state index contributed by atoms with van der Waals surface area (Å²) in [6.45, 7) is 2.10. The molecule has 1 aromatic carbocycles. The summed E-state index contributed by atoms with van der Waals surface area (Å²) in [5.74, 6) is 0.257. The highest BCUT2D eigenvalue weighted by atomic mass is 16.3. The molecule has 1 unspecified atom stereocenters. The van der Waals surface area contributed by atoms with Crippen LogP contribution in [0.25, 0.3) is 0 Å². The average Bonchev–Trinajstić information content (AvgIpc) is 2.71. The van der Waals surface area contributed by atoms with Crippen LogP contribution in [0.3, 0.4) is 0 Å². The molecule has 0 spiro atoms. The minimum atomic E-state index is -0.0661. The van der Waals surface area contributed by atoms with Crippen LogP contribution in [0.15, 0.2) is 30.3 Å². The largest absolute Gasteiger partial charge is 0.394 e. The molecule has 1 fully saturated rings. The number of nitrogens with one attached hydrogen (secondary N) is 1. The number of carbonyl (C=O) groups excluding carboxylic acids is 1. The average molecular weight is 219 g/mol. The van der Waals surface area contributed by atoms with E-state index in [9.17, 15) is 4.79 Å². The van der Waals surface area contributed by atoms with Crippen LogP contribution >= 0.6 is 0 Å². The number of amides is 1. The van der Waals surface area contributed by atoms with E-state index in [4.69, 9.17) is 5.11 Å². The second-order valence-corrected chi connectivity index (χ2v) is 4.43. The van der Waals surface area contributed by atoms with Crippen molar-refractivity contribution in [3.8, 4) is 0 Å². The van der Waals surface area contributed by atoms with Gasteiger partial charge in [-0.15, -0.1) is 0 Å². The summed E-state index contributed by atoms with van der Waals surface area (Å²) in [4.78, 5) is 11.7. The molecular weight excluding hydrogens is 202 g/mol. The van der Waals surface area contributed by atoms with Gasteiger partial charge in [0.2, 0.25) is 5.91 Å². The van der Waals surface area contributed by atoms with Crippen LogP contribution in [0.2, 0.25) is 0 Å². The van der Waals surface area contributed by atoms with E-state index in [0.29, 0.717) is 0 Å². The van der Waals surface area contributed by atoms with E-state index >= 15 is 0 Å². The van der Waals surface area contributed by atoms with Crippen molar-refractivity contribution in [1.29, 1.82) is 0 Å². The number of carbonyl (C=O) groups is 1. The summed E-state index contributed by atoms with van der Waals surface area (Å²) in [7, 11) is 0. The van der Waals surface area contributed by atoms with Crippen LogP contribution in [-0.4, -0.2) is 23.7 Å². The van der Waals surface area contributed by atoms with Gasteiger partial charge < -0.3 is 10.4 Å². The monoisotopic (exact) mass is 219 g/mol. The molecular formula is C13H17NO2. The Morgan fingerprint density at radius 3 is 2.69 bits per heavy atom. The summed E-state index contributed by atoms with van der Waals surface area (Å²) in [5.41, 5.74) is 1.18. The van der Waals surface area contributed by atoms with Crippen molar-refractivity contribution in [2.24, 2.45) is 5.92 Å². The lowest BCUT2D eigenvalue weighted by atomic mass is 9.85. The van der Waals surface area contributed by atoms with Crippen molar-refractivity contribution >= 4 is 5.91 Å². The van der Waals surface area contributed by atoms with E-state index in [1.165, 1.54) is 5.56 Å². The molecule has 1 saturated heterocycles. The van der Waals surface area contributed by atoms with Gasteiger partial charge in [0.15, 0.2) is 0 Å². The number of rotatable bonds is 3. The van der Waals surface area contributed by atoms with Crippen molar-refractivity contribution in [2.45, 2.75) is 25.3 Å². The van der Waals surface area contributed by atoms with E-state index < -0.39 is 0 Å². The smallest absolute Gasteiger partial charge is 0.224 e. The maximum atomic E-state index is 11.7. The standard InChI is InChI=1S/C13H17NO2/c1-9(10-5-3-2-4-6-10)12-7-11(8-15)14-13(12)16/h2-6,9,11-12,15H,7-8H2,1H3,(H,14,16)/t9-,11?,12+/m0/s1. The fraction of sp³-hybridized carbons (Fsp3) is 0.462. The molecule has 3 nitrogen and oxygen atoms in total. The zero-order chi connectivity index (χ0) is 11.5. The van der Waals surface area contributed by atoms with Gasteiger partial charge in [0.25, 0.3) is 0 Å². The van der Waals surface area contributed by atoms with Gasteiger partial charge >= 0.3 is 0 Å². The van der Waals surface area contributed by atoms with Crippen molar-refractivity contribution < 1.29 is 9.90 Å². The van der Waals surface area contributed by atoms with Crippen LogP contribution in [0.4, 0.5) is 0 Å². The van der Waals surface area contributed by atoms with E-state index in [1.54, 1.807) is 0 Å². The van der Waals surface area contributed by atoms with Crippen molar-refractivity contribution in [1.82, 2.24) is 5.32 Å². The number of hydrogen-bond acceptors (Lipinski definition) is 2. The Kier molecular flexibility index (Phi) is 3.25. The molecule has 1 aromatic rings. The molecule has 1 amide bonds. The maximum absolute atomic E-state index is 11.7. The first-order valence-electron chi connectivity index (χ1n) is 5.68. The Labute approximate surface area is 95.5 Å². The quantitative estimate of drug-likeness (QED) is 0.804. The second kappa shape index (κ2) is 4.66. The zero-order valence-corrected chi connectivity index (χ0v) is 9.39. The SMILES string of the molecule is C[C@@H](c1ccccc1)[C@H]1CC(CO)NC1=O. The molecule has 1 aliphatic rings. The van der Waals surface area contributed by atoms with Gasteiger partial charge in [-0.1, -0.05) is 37.3 Å². The Morgan fingerprint density at radius 2 is 2.12 bits per heavy atom. The lowest BCUT2D eigenvalue weighted by Gasteiger charge is -2.17. The first kappa shape index (κ1) is 11.1. The zero-order valence-electron chi connectivity index (χ0n) is 9.39. The van der Waals surface area contributed by atoms with Crippen molar-refractivity contribution in [3.63, 3.8) is 0 Å². The summed E-state index contributed by atoms with van der Waals surface area (Å²) in [6.07, 6.45) is 0.728. The molecule has 0 saturated carbocycles. The minimum Gasteiger partial charge on any atom is -0.394 e. The molecule has 16 heavy (non-hydrogen) atoms. The first-order valence-corrected chi connectivity index (χ1v) is 5.68. The third-order valence-corrected chi connectivity index (χ3v) is 3.37. The number of aliphatic hydroxyl groups excluding tert-OH is 1. The van der Waals surface area contributed by atoms with Crippen LogP contribution < -0.4 is 5.32 Å². The molecule has 2 rings (SSSR count). The van der Waals surface area contributed by atoms with Gasteiger partial charge in [0.1, 0.15) is 0 Å². The van der Waals surface area contributed by atoms with Crippen molar-refractivity contribution in [2.75, 3.05) is 6.61 Å². The minimum absolute atomic E-state index is 0.0143. The number of benzene rings is 1. The van der Waals surface area contributed by atoms with E-state index in [0.717, 1.165) is 6.42 Å². The first-order chi connectivity index (χ1) is 7.72. The Balaban J connectivity index is 2.11. The highest BCUT2D eigenvalue weighted by molar-refractivity contribution is 5.82. The van der Waals surface area contributed by atoms with E-state index in [2.05, 4.69) is 12.2 Å². The number of aliphatic hydroxyl groups is 1. The molecule has 0 radical (unpaired) electrons. The molecule has 86 valence electrons. The second-order valence-electron chi connectivity index (χ2n) is 4.43. The van der Waals surface area contributed by atoms with E-state index in [1.807, 2.05) is 30.3 Å².